The first-order valence-electron chi connectivity index (χ1n) is 6.22. The van der Waals surface area contributed by atoms with E-state index in [9.17, 15) is 14.9 Å². The van der Waals surface area contributed by atoms with Gasteiger partial charge in [0, 0.05) is 17.4 Å². The zero-order chi connectivity index (χ0) is 15.1. The van der Waals surface area contributed by atoms with E-state index >= 15 is 0 Å². The van der Waals surface area contributed by atoms with Crippen molar-refractivity contribution in [3.63, 3.8) is 0 Å². The lowest BCUT2D eigenvalue weighted by atomic mass is 10.1. The molecule has 0 spiro atoms. The van der Waals surface area contributed by atoms with Crippen molar-refractivity contribution in [2.45, 2.75) is 25.8 Å². The van der Waals surface area contributed by atoms with Crippen LogP contribution in [0.4, 0.5) is 5.69 Å². The monoisotopic (exact) mass is 344 g/mol. The van der Waals surface area contributed by atoms with Gasteiger partial charge < -0.3 is 10.1 Å². The number of carbonyl (C=O) groups excluding carboxylic acids is 1. The molecule has 0 heterocycles. The number of methoxy groups -OCH3 is 1. The van der Waals surface area contributed by atoms with Crippen molar-refractivity contribution in [3.8, 4) is 5.75 Å². The fourth-order valence-corrected chi connectivity index (χ4v) is 2.31. The second-order valence-corrected chi connectivity index (χ2v) is 4.99. The Labute approximate surface area is 125 Å². The Morgan fingerprint density at radius 1 is 1.55 bits per heavy atom. The lowest BCUT2D eigenvalue weighted by Gasteiger charge is -2.16. The van der Waals surface area contributed by atoms with Gasteiger partial charge in [0.1, 0.15) is 5.75 Å². The van der Waals surface area contributed by atoms with Crippen LogP contribution in [0, 0.1) is 10.1 Å². The number of benzene rings is 1. The summed E-state index contributed by atoms with van der Waals surface area (Å²) in [4.78, 5) is 22.4. The molecule has 0 aromatic heterocycles. The molecule has 1 aromatic carbocycles. The number of hydrogen-bond donors (Lipinski definition) is 1. The van der Waals surface area contributed by atoms with Gasteiger partial charge in [-0.25, -0.2) is 0 Å². The number of halogens is 1. The third-order valence-electron chi connectivity index (χ3n) is 2.93. The van der Waals surface area contributed by atoms with E-state index in [0.717, 1.165) is 18.2 Å². The first kappa shape index (κ1) is 16.4. The summed E-state index contributed by atoms with van der Waals surface area (Å²) in [7, 11) is 1.38. The van der Waals surface area contributed by atoms with E-state index in [-0.39, 0.29) is 23.4 Å². The van der Waals surface area contributed by atoms with Crippen LogP contribution < -0.4 is 10.1 Å². The number of nitro groups is 1. The first-order valence-corrected chi connectivity index (χ1v) is 7.34. The van der Waals surface area contributed by atoms with Crippen LogP contribution in [0.2, 0.25) is 0 Å². The van der Waals surface area contributed by atoms with Gasteiger partial charge in [-0.3, -0.25) is 14.9 Å². The number of rotatable bonds is 7. The molecule has 0 aliphatic carbocycles. The molecular weight excluding hydrogens is 328 g/mol. The summed E-state index contributed by atoms with van der Waals surface area (Å²) in [6.07, 6.45) is 1.63. The lowest BCUT2D eigenvalue weighted by molar-refractivity contribution is -0.384. The van der Waals surface area contributed by atoms with Crippen LogP contribution in [-0.2, 0) is 0 Å². The van der Waals surface area contributed by atoms with Gasteiger partial charge in [0.05, 0.1) is 23.7 Å². The molecule has 0 fully saturated rings. The molecule has 1 rings (SSSR count). The van der Waals surface area contributed by atoms with Crippen molar-refractivity contribution < 1.29 is 14.5 Å². The van der Waals surface area contributed by atoms with E-state index in [1.165, 1.54) is 25.3 Å². The van der Waals surface area contributed by atoms with Gasteiger partial charge in [0.15, 0.2) is 0 Å². The highest BCUT2D eigenvalue weighted by molar-refractivity contribution is 9.09. The molecular formula is C13H17BrN2O4. The highest BCUT2D eigenvalue weighted by atomic mass is 79.9. The van der Waals surface area contributed by atoms with Crippen molar-refractivity contribution in [2.75, 3.05) is 12.4 Å². The fraction of sp³-hybridized carbons (Fsp3) is 0.462. The Kier molecular flexibility index (Phi) is 6.44. The molecule has 0 saturated carbocycles. The smallest absolute Gasteiger partial charge is 0.273 e. The van der Waals surface area contributed by atoms with E-state index in [1.54, 1.807) is 0 Å². The molecule has 6 nitrogen and oxygen atoms in total. The summed E-state index contributed by atoms with van der Waals surface area (Å²) < 4.78 is 5.06. The molecule has 0 aliphatic rings. The summed E-state index contributed by atoms with van der Waals surface area (Å²) in [5.41, 5.74) is 0.192. The van der Waals surface area contributed by atoms with Gasteiger partial charge in [0.25, 0.3) is 11.6 Å². The van der Waals surface area contributed by atoms with Crippen LogP contribution in [0.1, 0.15) is 30.1 Å². The van der Waals surface area contributed by atoms with Crippen molar-refractivity contribution in [2.24, 2.45) is 0 Å². The third kappa shape index (κ3) is 4.19. The molecule has 1 unspecified atom stereocenters. The Morgan fingerprint density at radius 2 is 2.25 bits per heavy atom. The maximum absolute atomic E-state index is 12.2. The zero-order valence-electron chi connectivity index (χ0n) is 11.4. The van der Waals surface area contributed by atoms with E-state index in [0.29, 0.717) is 5.56 Å². The molecule has 0 saturated heterocycles. The van der Waals surface area contributed by atoms with Crippen LogP contribution in [-0.4, -0.2) is 29.3 Å². The molecule has 7 heteroatoms. The molecule has 1 aromatic rings. The molecule has 20 heavy (non-hydrogen) atoms. The molecule has 0 aliphatic heterocycles. The number of hydrogen-bond acceptors (Lipinski definition) is 4. The molecule has 1 atom stereocenters. The minimum absolute atomic E-state index is 0.0572. The minimum Gasteiger partial charge on any atom is -0.496 e. The van der Waals surface area contributed by atoms with Gasteiger partial charge in [-0.1, -0.05) is 22.9 Å². The molecule has 0 radical (unpaired) electrons. The Hall–Kier alpha value is -1.63. The van der Waals surface area contributed by atoms with Crippen molar-refractivity contribution in [1.29, 1.82) is 0 Å². The first-order chi connectivity index (χ1) is 9.53. The topological polar surface area (TPSA) is 81.5 Å². The maximum Gasteiger partial charge on any atom is 0.273 e. The summed E-state index contributed by atoms with van der Waals surface area (Å²) in [6.45, 7) is 1.99. The maximum atomic E-state index is 12.2. The number of carbonyl (C=O) groups is 1. The Balaban J connectivity index is 2.94. The van der Waals surface area contributed by atoms with Crippen LogP contribution >= 0.6 is 15.9 Å². The average molecular weight is 345 g/mol. The number of alkyl halides is 1. The van der Waals surface area contributed by atoms with Crippen molar-refractivity contribution in [1.82, 2.24) is 5.32 Å². The summed E-state index contributed by atoms with van der Waals surface area (Å²) in [5.74, 6) is -0.0880. The lowest BCUT2D eigenvalue weighted by Crippen LogP contribution is -2.34. The molecule has 0 bridgehead atoms. The highest BCUT2D eigenvalue weighted by Crippen LogP contribution is 2.24. The third-order valence-corrected chi connectivity index (χ3v) is 3.38. The van der Waals surface area contributed by atoms with E-state index in [2.05, 4.69) is 21.2 Å². The van der Waals surface area contributed by atoms with Gasteiger partial charge in [-0.15, -0.1) is 0 Å². The summed E-state index contributed by atoms with van der Waals surface area (Å²) in [5, 5.41) is 14.4. The van der Waals surface area contributed by atoms with Gasteiger partial charge in [-0.2, -0.15) is 0 Å². The SMILES string of the molecule is CCC(CCBr)NC(=O)c1ccc([N+](=O)[O-])cc1OC. The molecule has 1 amide bonds. The molecule has 1 N–H and O–H groups in total. The van der Waals surface area contributed by atoms with Crippen LogP contribution in [0.3, 0.4) is 0 Å². The van der Waals surface area contributed by atoms with E-state index in [1.807, 2.05) is 6.92 Å². The normalized spacial score (nSPS) is 11.8. The zero-order valence-corrected chi connectivity index (χ0v) is 13.0. The fourth-order valence-electron chi connectivity index (χ4n) is 1.75. The summed E-state index contributed by atoms with van der Waals surface area (Å²) in [6, 6.07) is 4.01. The number of nitrogens with one attached hydrogen (secondary N) is 1. The van der Waals surface area contributed by atoms with Crippen molar-refractivity contribution >= 4 is 27.5 Å². The number of ether oxygens (including phenoxy) is 1. The van der Waals surface area contributed by atoms with Gasteiger partial charge in [-0.05, 0) is 18.9 Å². The molecule has 110 valence electrons. The number of nitro benzene ring substituents is 1. The van der Waals surface area contributed by atoms with Crippen LogP contribution in [0.15, 0.2) is 18.2 Å². The predicted octanol–water partition coefficient (Wildman–Crippen LogP) is 2.90. The van der Waals surface area contributed by atoms with Gasteiger partial charge in [0.2, 0.25) is 0 Å². The largest absolute Gasteiger partial charge is 0.496 e. The van der Waals surface area contributed by atoms with E-state index in [4.69, 9.17) is 4.74 Å². The predicted molar refractivity (Wildman–Crippen MR) is 79.6 cm³/mol. The van der Waals surface area contributed by atoms with Crippen LogP contribution in [0.25, 0.3) is 0 Å². The number of nitrogens with zero attached hydrogens (tertiary/aromatic N) is 1. The second-order valence-electron chi connectivity index (χ2n) is 4.20. The van der Waals surface area contributed by atoms with Crippen molar-refractivity contribution in [3.05, 3.63) is 33.9 Å². The Bertz CT molecular complexity index is 493. The average Bonchev–Trinajstić information content (AvgIpc) is 2.45. The summed E-state index contributed by atoms with van der Waals surface area (Å²) >= 11 is 3.34. The standard InChI is InChI=1S/C13H17BrN2O4/c1-3-9(6-7-14)15-13(17)11-5-4-10(16(18)19)8-12(11)20-2/h4-5,8-9H,3,6-7H2,1-2H3,(H,15,17). The number of non-ortho nitro benzene ring substituents is 1. The van der Waals surface area contributed by atoms with E-state index < -0.39 is 4.92 Å². The highest BCUT2D eigenvalue weighted by Gasteiger charge is 2.18. The number of amides is 1. The Morgan fingerprint density at radius 3 is 2.75 bits per heavy atom. The second kappa shape index (κ2) is 7.84. The van der Waals surface area contributed by atoms with Crippen LogP contribution in [0.5, 0.6) is 5.75 Å². The quantitative estimate of drug-likeness (QED) is 0.468. The minimum atomic E-state index is -0.524. The van der Waals surface area contributed by atoms with Gasteiger partial charge >= 0.3 is 0 Å².